The molecule has 0 N–H and O–H groups in total. The molecule has 29 heavy (non-hydrogen) atoms. The third-order valence-electron chi connectivity index (χ3n) is 6.19. The maximum absolute atomic E-state index is 13.6. The number of nitrogens with zero attached hydrogens (tertiary/aromatic N) is 4. The van der Waals surface area contributed by atoms with Crippen LogP contribution in [0.25, 0.3) is 10.2 Å². The first-order valence-corrected chi connectivity index (χ1v) is 11.2. The van der Waals surface area contributed by atoms with Gasteiger partial charge in [0.15, 0.2) is 0 Å². The molecule has 5 rings (SSSR count). The van der Waals surface area contributed by atoms with Gasteiger partial charge in [-0.05, 0) is 56.2 Å². The van der Waals surface area contributed by atoms with Crippen LogP contribution in [0.4, 0.5) is 0 Å². The standard InChI is InChI=1S/C22H24N4O2S/c1-14-18-20(24-17-9-3-5-12-26(17)21(18)27)29-19(14)22(28)25-11-4-2-8-16(25)15-7-6-10-23-13-15/h6-7,10,13,16H,2-5,8-9,11-12H2,1H3/t16-/m0/s1. The van der Waals surface area contributed by atoms with Crippen molar-refractivity contribution in [2.75, 3.05) is 6.54 Å². The second kappa shape index (κ2) is 7.37. The van der Waals surface area contributed by atoms with Gasteiger partial charge in [0.1, 0.15) is 10.7 Å². The highest BCUT2D eigenvalue weighted by atomic mass is 32.1. The minimum absolute atomic E-state index is 0.0138. The summed E-state index contributed by atoms with van der Waals surface area (Å²) in [6, 6.07) is 4.01. The largest absolute Gasteiger partial charge is 0.331 e. The van der Waals surface area contributed by atoms with E-state index in [1.807, 2.05) is 30.2 Å². The van der Waals surface area contributed by atoms with E-state index < -0.39 is 0 Å². The molecule has 2 aliphatic rings. The van der Waals surface area contributed by atoms with Crippen molar-refractivity contribution >= 4 is 27.5 Å². The van der Waals surface area contributed by atoms with Crippen molar-refractivity contribution in [2.45, 2.75) is 58.0 Å². The van der Waals surface area contributed by atoms with Gasteiger partial charge in [0, 0.05) is 31.9 Å². The van der Waals surface area contributed by atoms with Crippen LogP contribution in [-0.2, 0) is 13.0 Å². The van der Waals surface area contributed by atoms with Crippen LogP contribution in [-0.4, -0.2) is 31.9 Å². The zero-order valence-corrected chi connectivity index (χ0v) is 17.4. The van der Waals surface area contributed by atoms with E-state index in [0.717, 1.165) is 68.6 Å². The summed E-state index contributed by atoms with van der Waals surface area (Å²) in [5, 5.41) is 0.624. The van der Waals surface area contributed by atoms with Crippen LogP contribution in [0.2, 0.25) is 0 Å². The summed E-state index contributed by atoms with van der Waals surface area (Å²) in [6.07, 6.45) is 9.57. The molecule has 1 atom stereocenters. The van der Waals surface area contributed by atoms with Crippen LogP contribution in [0.3, 0.4) is 0 Å². The fourth-order valence-electron chi connectivity index (χ4n) is 4.66. The lowest BCUT2D eigenvalue weighted by Gasteiger charge is -2.35. The van der Waals surface area contributed by atoms with E-state index in [4.69, 9.17) is 4.98 Å². The van der Waals surface area contributed by atoms with Crippen LogP contribution in [0.5, 0.6) is 0 Å². The number of hydrogen-bond donors (Lipinski definition) is 0. The van der Waals surface area contributed by atoms with Gasteiger partial charge in [0.25, 0.3) is 11.5 Å². The molecule has 1 saturated heterocycles. The first-order valence-electron chi connectivity index (χ1n) is 10.4. The molecule has 150 valence electrons. The first kappa shape index (κ1) is 18.5. The number of thiophene rings is 1. The van der Waals surface area contributed by atoms with E-state index in [1.54, 1.807) is 10.8 Å². The van der Waals surface area contributed by atoms with Gasteiger partial charge in [-0.15, -0.1) is 11.3 Å². The zero-order chi connectivity index (χ0) is 20.0. The number of aryl methyl sites for hydroxylation is 2. The highest BCUT2D eigenvalue weighted by molar-refractivity contribution is 7.20. The summed E-state index contributed by atoms with van der Waals surface area (Å²) in [7, 11) is 0. The third-order valence-corrected chi connectivity index (χ3v) is 7.36. The molecular weight excluding hydrogens is 384 g/mol. The number of aromatic nitrogens is 3. The van der Waals surface area contributed by atoms with Gasteiger partial charge in [-0.25, -0.2) is 4.98 Å². The number of carbonyl (C=O) groups is 1. The van der Waals surface area contributed by atoms with Crippen LogP contribution < -0.4 is 5.56 Å². The van der Waals surface area contributed by atoms with Crippen molar-refractivity contribution in [1.82, 2.24) is 19.4 Å². The fourth-order valence-corrected chi connectivity index (χ4v) is 5.81. The summed E-state index contributed by atoms with van der Waals surface area (Å²) in [5.41, 5.74) is 1.87. The molecule has 0 radical (unpaired) electrons. The summed E-state index contributed by atoms with van der Waals surface area (Å²) < 4.78 is 1.80. The molecule has 7 heteroatoms. The lowest BCUT2D eigenvalue weighted by molar-refractivity contribution is 0.0615. The van der Waals surface area contributed by atoms with E-state index >= 15 is 0 Å². The van der Waals surface area contributed by atoms with Crippen LogP contribution in [0, 0.1) is 6.92 Å². The predicted molar refractivity (Wildman–Crippen MR) is 113 cm³/mol. The molecule has 0 aliphatic carbocycles. The quantitative estimate of drug-likeness (QED) is 0.646. The molecule has 2 aliphatic heterocycles. The van der Waals surface area contributed by atoms with Crippen molar-refractivity contribution in [2.24, 2.45) is 0 Å². The number of amides is 1. The number of rotatable bonds is 2. The van der Waals surface area contributed by atoms with Crippen molar-refractivity contribution < 1.29 is 4.79 Å². The van der Waals surface area contributed by atoms with Crippen molar-refractivity contribution in [3.63, 3.8) is 0 Å². The maximum atomic E-state index is 13.6. The smallest absolute Gasteiger partial charge is 0.264 e. The highest BCUT2D eigenvalue weighted by Gasteiger charge is 2.32. The van der Waals surface area contributed by atoms with Gasteiger partial charge in [-0.3, -0.25) is 19.1 Å². The Kier molecular flexibility index (Phi) is 4.70. The monoisotopic (exact) mass is 408 g/mol. The Bertz CT molecular complexity index is 1140. The summed E-state index contributed by atoms with van der Waals surface area (Å²) in [5.74, 6) is 0.877. The topological polar surface area (TPSA) is 68.1 Å². The molecule has 0 bridgehead atoms. The second-order valence-corrected chi connectivity index (χ2v) is 8.97. The van der Waals surface area contributed by atoms with Gasteiger partial charge in [-0.2, -0.15) is 0 Å². The molecule has 0 spiro atoms. The Morgan fingerprint density at radius 2 is 2.07 bits per heavy atom. The molecule has 3 aromatic heterocycles. The number of hydrogen-bond acceptors (Lipinski definition) is 5. The Morgan fingerprint density at radius 3 is 2.90 bits per heavy atom. The van der Waals surface area contributed by atoms with Crippen molar-refractivity contribution in [3.8, 4) is 0 Å². The number of carbonyl (C=O) groups excluding carboxylic acids is 1. The van der Waals surface area contributed by atoms with Crippen LogP contribution in [0.1, 0.15) is 64.8 Å². The summed E-state index contributed by atoms with van der Waals surface area (Å²) in [4.78, 5) is 39.0. The Morgan fingerprint density at radius 1 is 1.21 bits per heavy atom. The summed E-state index contributed by atoms with van der Waals surface area (Å²) in [6.45, 7) is 3.35. The van der Waals surface area contributed by atoms with Crippen molar-refractivity contribution in [3.05, 3.63) is 56.7 Å². The zero-order valence-electron chi connectivity index (χ0n) is 16.6. The summed E-state index contributed by atoms with van der Waals surface area (Å²) >= 11 is 1.38. The molecule has 0 unspecified atom stereocenters. The van der Waals surface area contributed by atoms with E-state index in [-0.39, 0.29) is 17.5 Å². The van der Waals surface area contributed by atoms with E-state index in [9.17, 15) is 9.59 Å². The van der Waals surface area contributed by atoms with Gasteiger partial charge < -0.3 is 4.90 Å². The molecule has 3 aromatic rings. The minimum Gasteiger partial charge on any atom is -0.331 e. The average molecular weight is 409 g/mol. The van der Waals surface area contributed by atoms with E-state index in [1.165, 1.54) is 11.3 Å². The molecular formula is C22H24N4O2S. The molecule has 0 aromatic carbocycles. The molecule has 5 heterocycles. The predicted octanol–water partition coefficient (Wildman–Crippen LogP) is 3.87. The fraction of sp³-hybridized carbons (Fsp3) is 0.455. The SMILES string of the molecule is Cc1c(C(=O)N2CCCC[C@H]2c2cccnc2)sc2nc3n(c(=O)c12)CCCC3. The Hall–Kier alpha value is -2.54. The molecule has 1 amide bonds. The number of pyridine rings is 1. The average Bonchev–Trinajstić information content (AvgIpc) is 3.10. The molecule has 6 nitrogen and oxygen atoms in total. The number of likely N-dealkylation sites (tertiary alicyclic amines) is 1. The van der Waals surface area contributed by atoms with Crippen LogP contribution in [0.15, 0.2) is 29.3 Å². The Labute approximate surface area is 173 Å². The van der Waals surface area contributed by atoms with Gasteiger partial charge in [-0.1, -0.05) is 6.07 Å². The minimum atomic E-state index is 0.0138. The normalized spacial score (nSPS) is 19.3. The van der Waals surface area contributed by atoms with Crippen molar-refractivity contribution in [1.29, 1.82) is 0 Å². The number of piperidine rings is 1. The van der Waals surface area contributed by atoms with E-state index in [2.05, 4.69) is 4.98 Å². The lowest BCUT2D eigenvalue weighted by Crippen LogP contribution is -2.38. The lowest BCUT2D eigenvalue weighted by atomic mass is 9.96. The van der Waals surface area contributed by atoms with Gasteiger partial charge in [0.2, 0.25) is 0 Å². The second-order valence-electron chi connectivity index (χ2n) is 7.97. The first-order chi connectivity index (χ1) is 14.1. The van der Waals surface area contributed by atoms with Gasteiger partial charge >= 0.3 is 0 Å². The number of fused-ring (bicyclic) bond motifs is 2. The molecule has 0 saturated carbocycles. The highest BCUT2D eigenvalue weighted by Crippen LogP contribution is 2.35. The molecule has 1 fully saturated rings. The Balaban J connectivity index is 1.58. The third kappa shape index (κ3) is 3.08. The van der Waals surface area contributed by atoms with E-state index in [0.29, 0.717) is 15.1 Å². The van der Waals surface area contributed by atoms with Gasteiger partial charge in [0.05, 0.1) is 16.3 Å². The van der Waals surface area contributed by atoms with Crippen LogP contribution >= 0.6 is 11.3 Å². The maximum Gasteiger partial charge on any atom is 0.264 e.